The van der Waals surface area contributed by atoms with Crippen LogP contribution in [-0.4, -0.2) is 24.5 Å². The van der Waals surface area contributed by atoms with Gasteiger partial charge in [-0.1, -0.05) is 25.0 Å². The predicted molar refractivity (Wildman–Crippen MR) is 79.1 cm³/mol. The minimum atomic E-state index is -0.268. The van der Waals surface area contributed by atoms with Gasteiger partial charge in [-0.05, 0) is 57.9 Å². The van der Waals surface area contributed by atoms with Crippen LogP contribution < -0.4 is 10.6 Å². The van der Waals surface area contributed by atoms with Crippen molar-refractivity contribution in [2.75, 3.05) is 13.1 Å². The number of hydrogen-bond donors (Lipinski definition) is 2. The molecule has 2 aliphatic rings. The minimum absolute atomic E-state index is 0.225. The first-order chi connectivity index (χ1) is 9.27. The summed E-state index contributed by atoms with van der Waals surface area (Å²) in [4.78, 5) is 12.4. The molecule has 108 valence electrons. The molecular weight excluding hydrogens is 236 g/mol. The Balaban J connectivity index is 1.77. The van der Waals surface area contributed by atoms with Crippen molar-refractivity contribution in [3.8, 4) is 0 Å². The average Bonchev–Trinajstić information content (AvgIpc) is 2.90. The highest BCUT2D eigenvalue weighted by Crippen LogP contribution is 2.25. The Morgan fingerprint density at radius 2 is 2.32 bits per heavy atom. The predicted octanol–water partition coefficient (Wildman–Crippen LogP) is 2.92. The molecule has 3 heteroatoms. The molecule has 3 nitrogen and oxygen atoms in total. The molecule has 1 amide bonds. The highest BCUT2D eigenvalue weighted by Gasteiger charge is 2.39. The van der Waals surface area contributed by atoms with E-state index in [0.29, 0.717) is 0 Å². The van der Waals surface area contributed by atoms with E-state index in [1.165, 1.54) is 31.3 Å². The number of hydrogen-bond acceptors (Lipinski definition) is 2. The SMILES string of the molecule is CCCC1(C(=O)NCCC2=CCCCC2)CCCN1. The van der Waals surface area contributed by atoms with Gasteiger partial charge in [0.15, 0.2) is 0 Å². The van der Waals surface area contributed by atoms with Gasteiger partial charge < -0.3 is 10.6 Å². The molecule has 1 heterocycles. The second-order valence-corrected chi connectivity index (χ2v) is 5.98. The first kappa shape index (κ1) is 14.6. The Morgan fingerprint density at radius 1 is 1.42 bits per heavy atom. The van der Waals surface area contributed by atoms with Gasteiger partial charge >= 0.3 is 0 Å². The first-order valence-electron chi connectivity index (χ1n) is 7.98. The van der Waals surface area contributed by atoms with Gasteiger partial charge in [0.2, 0.25) is 5.91 Å². The molecule has 2 N–H and O–H groups in total. The number of allylic oxidation sites excluding steroid dienone is 1. The van der Waals surface area contributed by atoms with Crippen molar-refractivity contribution in [3.05, 3.63) is 11.6 Å². The van der Waals surface area contributed by atoms with Crippen molar-refractivity contribution in [1.29, 1.82) is 0 Å². The largest absolute Gasteiger partial charge is 0.354 e. The van der Waals surface area contributed by atoms with Crippen LogP contribution in [0.1, 0.15) is 64.7 Å². The van der Waals surface area contributed by atoms with Gasteiger partial charge in [-0.15, -0.1) is 0 Å². The van der Waals surface area contributed by atoms with Crippen LogP contribution in [0.3, 0.4) is 0 Å². The fraction of sp³-hybridized carbons (Fsp3) is 0.812. The molecule has 1 atom stereocenters. The maximum absolute atomic E-state index is 12.4. The highest BCUT2D eigenvalue weighted by atomic mass is 16.2. The van der Waals surface area contributed by atoms with Crippen molar-refractivity contribution >= 4 is 5.91 Å². The summed E-state index contributed by atoms with van der Waals surface area (Å²) in [7, 11) is 0. The summed E-state index contributed by atoms with van der Waals surface area (Å²) in [6.07, 6.45) is 12.7. The van der Waals surface area contributed by atoms with Crippen molar-refractivity contribution in [2.24, 2.45) is 0 Å². The van der Waals surface area contributed by atoms with E-state index >= 15 is 0 Å². The second kappa shape index (κ2) is 7.09. The molecule has 1 aliphatic heterocycles. The van der Waals surface area contributed by atoms with Crippen LogP contribution in [0.15, 0.2) is 11.6 Å². The number of nitrogens with one attached hydrogen (secondary N) is 2. The van der Waals surface area contributed by atoms with E-state index in [-0.39, 0.29) is 11.4 Å². The zero-order valence-corrected chi connectivity index (χ0v) is 12.3. The number of carbonyl (C=O) groups excluding carboxylic acids is 1. The molecule has 1 saturated heterocycles. The normalized spacial score (nSPS) is 27.1. The smallest absolute Gasteiger partial charge is 0.240 e. The summed E-state index contributed by atoms with van der Waals surface area (Å²) < 4.78 is 0. The Labute approximate surface area is 117 Å². The molecule has 0 spiro atoms. The molecule has 0 bridgehead atoms. The summed E-state index contributed by atoms with van der Waals surface area (Å²) in [6.45, 7) is 3.94. The highest BCUT2D eigenvalue weighted by molar-refractivity contribution is 5.86. The van der Waals surface area contributed by atoms with Gasteiger partial charge in [0, 0.05) is 6.54 Å². The Hall–Kier alpha value is -0.830. The van der Waals surface area contributed by atoms with E-state index in [4.69, 9.17) is 0 Å². The minimum Gasteiger partial charge on any atom is -0.354 e. The topological polar surface area (TPSA) is 41.1 Å². The Bertz CT molecular complexity index is 330. The molecular formula is C16H28N2O. The molecule has 1 fully saturated rings. The van der Waals surface area contributed by atoms with Gasteiger partial charge in [-0.3, -0.25) is 4.79 Å². The van der Waals surface area contributed by atoms with E-state index in [0.717, 1.165) is 45.2 Å². The van der Waals surface area contributed by atoms with E-state index in [1.807, 2.05) is 0 Å². The summed E-state index contributed by atoms with van der Waals surface area (Å²) >= 11 is 0. The molecule has 0 aromatic heterocycles. The fourth-order valence-corrected chi connectivity index (χ4v) is 3.39. The lowest BCUT2D eigenvalue weighted by Crippen LogP contribution is -2.53. The average molecular weight is 264 g/mol. The molecule has 0 radical (unpaired) electrons. The van der Waals surface area contributed by atoms with E-state index in [1.54, 1.807) is 0 Å². The third kappa shape index (κ3) is 3.82. The molecule has 1 aliphatic carbocycles. The van der Waals surface area contributed by atoms with Crippen molar-refractivity contribution in [1.82, 2.24) is 10.6 Å². The zero-order valence-electron chi connectivity index (χ0n) is 12.3. The summed E-state index contributed by atoms with van der Waals surface area (Å²) in [5, 5.41) is 6.59. The third-order valence-electron chi connectivity index (χ3n) is 4.47. The van der Waals surface area contributed by atoms with Gasteiger partial charge in [-0.2, -0.15) is 0 Å². The van der Waals surface area contributed by atoms with Crippen LogP contribution in [0.4, 0.5) is 0 Å². The second-order valence-electron chi connectivity index (χ2n) is 5.98. The Kier molecular flexibility index (Phi) is 5.44. The van der Waals surface area contributed by atoms with Crippen LogP contribution >= 0.6 is 0 Å². The first-order valence-corrected chi connectivity index (χ1v) is 7.98. The molecule has 2 rings (SSSR count). The van der Waals surface area contributed by atoms with E-state index < -0.39 is 0 Å². The van der Waals surface area contributed by atoms with Gasteiger partial charge in [0.1, 0.15) is 0 Å². The lowest BCUT2D eigenvalue weighted by Gasteiger charge is -2.28. The van der Waals surface area contributed by atoms with Crippen molar-refractivity contribution in [3.63, 3.8) is 0 Å². The van der Waals surface area contributed by atoms with Gasteiger partial charge in [0.25, 0.3) is 0 Å². The van der Waals surface area contributed by atoms with E-state index in [9.17, 15) is 4.79 Å². The summed E-state index contributed by atoms with van der Waals surface area (Å²) in [5.74, 6) is 0.225. The number of amides is 1. The lowest BCUT2D eigenvalue weighted by atomic mass is 9.90. The van der Waals surface area contributed by atoms with Crippen LogP contribution in [0, 0.1) is 0 Å². The zero-order chi connectivity index (χ0) is 13.6. The molecule has 1 unspecified atom stereocenters. The van der Waals surface area contributed by atoms with E-state index in [2.05, 4.69) is 23.6 Å². The number of carbonyl (C=O) groups is 1. The fourth-order valence-electron chi connectivity index (χ4n) is 3.39. The third-order valence-corrected chi connectivity index (χ3v) is 4.47. The molecule has 0 aromatic rings. The molecule has 0 aromatic carbocycles. The lowest BCUT2D eigenvalue weighted by molar-refractivity contribution is -0.127. The van der Waals surface area contributed by atoms with Crippen LogP contribution in [0.2, 0.25) is 0 Å². The van der Waals surface area contributed by atoms with Gasteiger partial charge in [0.05, 0.1) is 5.54 Å². The monoisotopic (exact) mass is 264 g/mol. The van der Waals surface area contributed by atoms with Crippen LogP contribution in [0.25, 0.3) is 0 Å². The maximum atomic E-state index is 12.4. The quantitative estimate of drug-likeness (QED) is 0.724. The Morgan fingerprint density at radius 3 is 2.95 bits per heavy atom. The standard InChI is InChI=1S/C16H28N2O/c1-2-10-16(11-6-12-18-16)15(19)17-13-9-14-7-4-3-5-8-14/h7,18H,2-6,8-13H2,1H3,(H,17,19). The van der Waals surface area contributed by atoms with Gasteiger partial charge in [-0.25, -0.2) is 0 Å². The van der Waals surface area contributed by atoms with Crippen LogP contribution in [0.5, 0.6) is 0 Å². The van der Waals surface area contributed by atoms with Crippen LogP contribution in [-0.2, 0) is 4.79 Å². The van der Waals surface area contributed by atoms with Crippen molar-refractivity contribution < 1.29 is 4.79 Å². The van der Waals surface area contributed by atoms with Crippen molar-refractivity contribution in [2.45, 2.75) is 70.3 Å². The number of rotatable bonds is 6. The molecule has 0 saturated carbocycles. The summed E-state index contributed by atoms with van der Waals surface area (Å²) in [6, 6.07) is 0. The summed E-state index contributed by atoms with van der Waals surface area (Å²) in [5.41, 5.74) is 1.27. The maximum Gasteiger partial charge on any atom is 0.240 e. The molecule has 19 heavy (non-hydrogen) atoms.